The van der Waals surface area contributed by atoms with Gasteiger partial charge in [0.2, 0.25) is 23.2 Å². The van der Waals surface area contributed by atoms with Gasteiger partial charge in [-0.05, 0) is 30.5 Å². The number of aromatic nitrogens is 3. The van der Waals surface area contributed by atoms with E-state index in [2.05, 4.69) is 24.0 Å². The Balaban J connectivity index is 1.91. The summed E-state index contributed by atoms with van der Waals surface area (Å²) in [4.78, 5) is 19.9. The van der Waals surface area contributed by atoms with Crippen LogP contribution < -0.4 is 19.1 Å². The lowest BCUT2D eigenvalue weighted by Crippen LogP contribution is -2.37. The second-order valence-corrected chi connectivity index (χ2v) is 9.55. The van der Waals surface area contributed by atoms with Gasteiger partial charge in [0, 0.05) is 23.8 Å². The molecule has 1 aliphatic rings. The molecule has 35 heavy (non-hydrogen) atoms. The highest BCUT2D eigenvalue weighted by atomic mass is 32.2. The van der Waals surface area contributed by atoms with Crippen molar-refractivity contribution < 1.29 is 19.0 Å². The smallest absolute Gasteiger partial charge is 0.247 e. The zero-order valence-electron chi connectivity index (χ0n) is 20.6. The number of fused-ring (bicyclic) bond motifs is 3. The number of methoxy groups -OCH3 is 2. The van der Waals surface area contributed by atoms with Crippen LogP contribution in [0.4, 0.5) is 5.69 Å². The Morgan fingerprint density at radius 3 is 2.66 bits per heavy atom. The molecular formula is C26H30N4O4S. The lowest BCUT2D eigenvalue weighted by molar-refractivity contribution is -0.120. The first kappa shape index (κ1) is 24.8. The molecule has 0 bridgehead atoms. The van der Waals surface area contributed by atoms with Gasteiger partial charge in [-0.2, -0.15) is 4.98 Å². The minimum absolute atomic E-state index is 0.0713. The quantitative estimate of drug-likeness (QED) is 0.378. The minimum atomic E-state index is -0.822. The van der Waals surface area contributed by atoms with Gasteiger partial charge in [0.25, 0.3) is 0 Å². The molecule has 2 aromatic carbocycles. The van der Waals surface area contributed by atoms with E-state index in [1.165, 1.54) is 11.8 Å². The van der Waals surface area contributed by atoms with Crippen LogP contribution in [-0.4, -0.2) is 41.1 Å². The summed E-state index contributed by atoms with van der Waals surface area (Å²) in [5, 5.41) is 9.36. The average molecular weight is 495 g/mol. The first-order valence-corrected chi connectivity index (χ1v) is 12.6. The van der Waals surface area contributed by atoms with Crippen LogP contribution in [0.1, 0.15) is 45.4 Å². The number of hydrogen-bond donors (Lipinski definition) is 0. The van der Waals surface area contributed by atoms with Gasteiger partial charge >= 0.3 is 0 Å². The molecule has 0 saturated carbocycles. The molecule has 4 rings (SSSR count). The van der Waals surface area contributed by atoms with Crippen molar-refractivity contribution in [1.82, 2.24) is 15.2 Å². The fourth-order valence-electron chi connectivity index (χ4n) is 3.84. The summed E-state index contributed by atoms with van der Waals surface area (Å²) >= 11 is 1.53. The van der Waals surface area contributed by atoms with Crippen molar-refractivity contribution in [1.29, 1.82) is 0 Å². The zero-order chi connectivity index (χ0) is 24.9. The number of benzene rings is 2. The Morgan fingerprint density at radius 1 is 1.14 bits per heavy atom. The van der Waals surface area contributed by atoms with Crippen LogP contribution >= 0.6 is 11.8 Å². The summed E-state index contributed by atoms with van der Waals surface area (Å²) in [5.41, 5.74) is 2.60. The molecule has 0 N–H and O–H groups in total. The maximum atomic E-state index is 13.5. The molecule has 3 aromatic rings. The van der Waals surface area contributed by atoms with E-state index in [1.807, 2.05) is 43.3 Å². The lowest BCUT2D eigenvalue weighted by atomic mass is 10.1. The van der Waals surface area contributed by atoms with Gasteiger partial charge in [0.1, 0.15) is 11.5 Å². The van der Waals surface area contributed by atoms with Gasteiger partial charge in [-0.15, -0.1) is 10.2 Å². The highest BCUT2D eigenvalue weighted by Crippen LogP contribution is 2.45. The molecule has 1 amide bonds. The lowest BCUT2D eigenvalue weighted by Gasteiger charge is -2.31. The predicted octanol–water partition coefficient (Wildman–Crippen LogP) is 5.53. The molecule has 9 heteroatoms. The topological polar surface area (TPSA) is 86.7 Å². The first-order chi connectivity index (χ1) is 17.0. The molecule has 0 aliphatic carbocycles. The number of hydrogen-bond acceptors (Lipinski definition) is 8. The van der Waals surface area contributed by atoms with Crippen molar-refractivity contribution in [2.45, 2.75) is 45.0 Å². The molecule has 1 aromatic heterocycles. The zero-order valence-corrected chi connectivity index (χ0v) is 21.5. The van der Waals surface area contributed by atoms with Gasteiger partial charge < -0.3 is 14.2 Å². The van der Waals surface area contributed by atoms with Crippen LogP contribution in [0.15, 0.2) is 47.6 Å². The third-order valence-corrected chi connectivity index (χ3v) is 6.76. The third kappa shape index (κ3) is 5.19. The standard InChI is InChI=1S/C26H30N4O4S/c1-6-9-22(31)30-20-11-8-7-10-18(20)23-24(27-26(29-28-23)35-15-16(2)3)34-25(30)19-13-12-17(32-4)14-21(19)33-5/h7-8,10-14,16,25H,6,9,15H2,1-5H3/t25-/m0/s1. The molecule has 1 aliphatic heterocycles. The molecule has 0 saturated heterocycles. The van der Waals surface area contributed by atoms with Gasteiger partial charge in [0.15, 0.2) is 5.69 Å². The van der Waals surface area contributed by atoms with Crippen molar-refractivity contribution in [3.05, 3.63) is 48.0 Å². The fourth-order valence-corrected chi connectivity index (χ4v) is 4.57. The largest absolute Gasteiger partial charge is 0.497 e. The number of carbonyl (C=O) groups is 1. The maximum Gasteiger partial charge on any atom is 0.247 e. The molecule has 8 nitrogen and oxygen atoms in total. The van der Waals surface area contributed by atoms with E-state index in [4.69, 9.17) is 19.2 Å². The minimum Gasteiger partial charge on any atom is -0.497 e. The van der Waals surface area contributed by atoms with E-state index in [0.717, 1.165) is 11.3 Å². The Hall–Kier alpha value is -3.33. The first-order valence-electron chi connectivity index (χ1n) is 11.6. The van der Waals surface area contributed by atoms with Crippen molar-refractivity contribution in [2.75, 3.05) is 24.9 Å². The van der Waals surface area contributed by atoms with Crippen LogP contribution in [0, 0.1) is 5.92 Å². The van der Waals surface area contributed by atoms with E-state index in [9.17, 15) is 4.79 Å². The summed E-state index contributed by atoms with van der Waals surface area (Å²) in [7, 11) is 3.18. The molecule has 0 radical (unpaired) electrons. The number of thioether (sulfide) groups is 1. The van der Waals surface area contributed by atoms with Gasteiger partial charge in [-0.1, -0.05) is 50.7 Å². The number of ether oxygens (including phenoxy) is 3. The van der Waals surface area contributed by atoms with Crippen molar-refractivity contribution in [2.24, 2.45) is 5.92 Å². The number of anilines is 1. The predicted molar refractivity (Wildman–Crippen MR) is 136 cm³/mol. The van der Waals surface area contributed by atoms with Crippen LogP contribution in [0.3, 0.4) is 0 Å². The summed E-state index contributed by atoms with van der Waals surface area (Å²) in [5.74, 6) is 2.77. The van der Waals surface area contributed by atoms with E-state index >= 15 is 0 Å². The maximum absolute atomic E-state index is 13.5. The Kier molecular flexibility index (Phi) is 7.75. The number of rotatable bonds is 8. The van der Waals surface area contributed by atoms with E-state index in [-0.39, 0.29) is 5.91 Å². The number of para-hydroxylation sites is 1. The second kappa shape index (κ2) is 10.9. The van der Waals surface area contributed by atoms with Gasteiger partial charge in [0.05, 0.1) is 25.5 Å². The van der Waals surface area contributed by atoms with E-state index in [0.29, 0.717) is 58.2 Å². The molecule has 0 unspecified atom stereocenters. The van der Waals surface area contributed by atoms with Crippen LogP contribution in [0.2, 0.25) is 0 Å². The summed E-state index contributed by atoms with van der Waals surface area (Å²) in [6.45, 7) is 6.26. The number of nitrogens with zero attached hydrogens (tertiary/aromatic N) is 4. The van der Waals surface area contributed by atoms with E-state index < -0.39 is 6.23 Å². The molecular weight excluding hydrogens is 464 g/mol. The van der Waals surface area contributed by atoms with Crippen LogP contribution in [-0.2, 0) is 4.79 Å². The molecule has 1 atom stereocenters. The molecule has 184 valence electrons. The normalized spacial score (nSPS) is 14.6. The van der Waals surface area contributed by atoms with Crippen molar-refractivity contribution in [3.8, 4) is 28.6 Å². The fraction of sp³-hybridized carbons (Fsp3) is 0.385. The molecule has 0 fully saturated rings. The van der Waals surface area contributed by atoms with Crippen LogP contribution in [0.5, 0.6) is 17.4 Å². The third-order valence-electron chi connectivity index (χ3n) is 5.50. The molecule has 0 spiro atoms. The summed E-state index contributed by atoms with van der Waals surface area (Å²) in [6, 6.07) is 13.1. The summed E-state index contributed by atoms with van der Waals surface area (Å²) in [6.07, 6.45) is 0.236. The highest BCUT2D eigenvalue weighted by molar-refractivity contribution is 7.99. The molecule has 2 heterocycles. The Labute approximate surface area is 210 Å². The average Bonchev–Trinajstić information content (AvgIpc) is 3.01. The second-order valence-electron chi connectivity index (χ2n) is 8.56. The Morgan fingerprint density at radius 2 is 1.94 bits per heavy atom. The van der Waals surface area contributed by atoms with Gasteiger partial charge in [-0.25, -0.2) is 0 Å². The van der Waals surface area contributed by atoms with Gasteiger partial charge in [-0.3, -0.25) is 9.69 Å². The van der Waals surface area contributed by atoms with E-state index in [1.54, 1.807) is 25.2 Å². The van der Waals surface area contributed by atoms with Crippen LogP contribution in [0.25, 0.3) is 11.3 Å². The highest BCUT2D eigenvalue weighted by Gasteiger charge is 2.37. The SMILES string of the molecule is CCCC(=O)N1c2ccccc2-c2nnc(SCC(C)C)nc2O[C@H]1c1ccc(OC)cc1OC. The number of amides is 1. The number of carbonyl (C=O) groups excluding carboxylic acids is 1. The monoisotopic (exact) mass is 494 g/mol. The van der Waals surface area contributed by atoms with Crippen molar-refractivity contribution >= 4 is 23.4 Å². The summed E-state index contributed by atoms with van der Waals surface area (Å²) < 4.78 is 17.6. The van der Waals surface area contributed by atoms with Crippen molar-refractivity contribution in [3.63, 3.8) is 0 Å². The Bertz CT molecular complexity index is 1200.